The normalized spacial score (nSPS) is 12.8. The van der Waals surface area contributed by atoms with Crippen molar-refractivity contribution in [3.63, 3.8) is 0 Å². The SMILES string of the molecule is Cc1cc(-c2nc3cc(F)c(O[C@@H](C)[C@@H](C)N(C(=O)O)c4cnc(C)nc4)cc3s2)c2ncc(C(N)=O)nc2c1. The van der Waals surface area contributed by atoms with Crippen LogP contribution in [0.3, 0.4) is 0 Å². The highest BCUT2D eigenvalue weighted by molar-refractivity contribution is 7.21. The molecule has 0 aliphatic carbocycles. The molecule has 3 N–H and O–H groups in total. The molecule has 2 aromatic carbocycles. The highest BCUT2D eigenvalue weighted by Crippen LogP contribution is 2.37. The van der Waals surface area contributed by atoms with E-state index in [1.54, 1.807) is 32.9 Å². The van der Waals surface area contributed by atoms with Gasteiger partial charge in [-0.2, -0.15) is 0 Å². The number of hydrogen-bond donors (Lipinski definition) is 2. The van der Waals surface area contributed by atoms with Crippen LogP contribution in [0.4, 0.5) is 14.9 Å². The lowest BCUT2D eigenvalue weighted by Crippen LogP contribution is -2.46. The molecular weight excluding hydrogens is 537 g/mol. The van der Waals surface area contributed by atoms with Gasteiger partial charge in [0.1, 0.15) is 22.6 Å². The highest BCUT2D eigenvalue weighted by atomic mass is 32.1. The van der Waals surface area contributed by atoms with Crippen LogP contribution in [0.2, 0.25) is 0 Å². The van der Waals surface area contributed by atoms with E-state index >= 15 is 4.39 Å². The Hall–Kier alpha value is -4.78. The Morgan fingerprint density at radius 1 is 1.02 bits per heavy atom. The number of hydrogen-bond acceptors (Lipinski definition) is 9. The summed E-state index contributed by atoms with van der Waals surface area (Å²) in [5.41, 5.74) is 8.68. The number of halogens is 1. The summed E-state index contributed by atoms with van der Waals surface area (Å²) < 4.78 is 21.7. The van der Waals surface area contributed by atoms with Crippen LogP contribution >= 0.6 is 11.3 Å². The van der Waals surface area contributed by atoms with Crippen molar-refractivity contribution in [3.05, 3.63) is 65.8 Å². The molecule has 0 unspecified atom stereocenters. The lowest BCUT2D eigenvalue weighted by molar-refractivity contribution is 0.0995. The summed E-state index contributed by atoms with van der Waals surface area (Å²) in [6.07, 6.45) is 2.20. The van der Waals surface area contributed by atoms with Crippen LogP contribution in [0.25, 0.3) is 31.8 Å². The van der Waals surface area contributed by atoms with E-state index in [0.29, 0.717) is 37.6 Å². The molecule has 5 rings (SSSR count). The molecule has 2 atom stereocenters. The number of nitrogens with two attached hydrogens (primary N) is 1. The van der Waals surface area contributed by atoms with Gasteiger partial charge in [0.15, 0.2) is 11.6 Å². The molecule has 0 bridgehead atoms. The molecule has 40 heavy (non-hydrogen) atoms. The zero-order valence-electron chi connectivity index (χ0n) is 21.9. The van der Waals surface area contributed by atoms with E-state index in [2.05, 4.69) is 24.9 Å². The summed E-state index contributed by atoms with van der Waals surface area (Å²) in [4.78, 5) is 46.1. The van der Waals surface area contributed by atoms with Crippen LogP contribution < -0.4 is 15.4 Å². The van der Waals surface area contributed by atoms with E-state index in [1.165, 1.54) is 36.0 Å². The largest absolute Gasteiger partial charge is 0.485 e. The number of nitrogens with zero attached hydrogens (tertiary/aromatic N) is 6. The third kappa shape index (κ3) is 5.10. The second-order valence-electron chi connectivity index (χ2n) is 9.27. The van der Waals surface area contributed by atoms with Crippen molar-refractivity contribution in [1.29, 1.82) is 0 Å². The maximum Gasteiger partial charge on any atom is 0.412 e. The van der Waals surface area contributed by atoms with Crippen molar-refractivity contribution in [3.8, 4) is 16.3 Å². The fourth-order valence-electron chi connectivity index (χ4n) is 4.22. The van der Waals surface area contributed by atoms with Gasteiger partial charge in [-0.15, -0.1) is 11.3 Å². The number of amides is 2. The first-order valence-corrected chi connectivity index (χ1v) is 13.0. The minimum absolute atomic E-state index is 0.0347. The van der Waals surface area contributed by atoms with Crippen LogP contribution in [0.5, 0.6) is 5.75 Å². The number of carbonyl (C=O) groups is 2. The van der Waals surface area contributed by atoms with E-state index < -0.39 is 30.0 Å². The fraction of sp³-hybridized carbons (Fsp3) is 0.222. The minimum Gasteiger partial charge on any atom is -0.485 e. The summed E-state index contributed by atoms with van der Waals surface area (Å²) in [6, 6.07) is 5.82. The van der Waals surface area contributed by atoms with Gasteiger partial charge in [0.2, 0.25) is 0 Å². The van der Waals surface area contributed by atoms with Gasteiger partial charge >= 0.3 is 6.09 Å². The van der Waals surface area contributed by atoms with Gasteiger partial charge in [-0.05, 0) is 45.4 Å². The molecule has 3 aromatic heterocycles. The van der Waals surface area contributed by atoms with E-state index in [0.717, 1.165) is 10.5 Å². The first kappa shape index (κ1) is 26.8. The maximum atomic E-state index is 15.1. The Bertz CT molecular complexity index is 1780. The van der Waals surface area contributed by atoms with Crippen molar-refractivity contribution in [1.82, 2.24) is 24.9 Å². The van der Waals surface area contributed by atoms with Crippen LogP contribution in [-0.4, -0.2) is 54.2 Å². The van der Waals surface area contributed by atoms with E-state index in [9.17, 15) is 14.7 Å². The number of aromatic nitrogens is 5. The van der Waals surface area contributed by atoms with Crippen molar-refractivity contribution in [2.24, 2.45) is 5.73 Å². The average molecular weight is 562 g/mol. The minimum atomic E-state index is -1.21. The quantitative estimate of drug-likeness (QED) is 0.282. The van der Waals surface area contributed by atoms with E-state index in [4.69, 9.17) is 10.5 Å². The first-order valence-electron chi connectivity index (χ1n) is 12.2. The Morgan fingerprint density at radius 2 is 1.75 bits per heavy atom. The molecule has 0 saturated carbocycles. The zero-order valence-corrected chi connectivity index (χ0v) is 22.7. The van der Waals surface area contributed by atoms with Gasteiger partial charge in [0.05, 0.1) is 51.6 Å². The number of carboxylic acid groups (broad SMARTS) is 1. The molecule has 11 nitrogen and oxygen atoms in total. The Kier molecular flexibility index (Phi) is 6.98. The van der Waals surface area contributed by atoms with Crippen molar-refractivity contribution >= 4 is 50.3 Å². The molecule has 0 aliphatic rings. The number of benzene rings is 2. The summed E-state index contributed by atoms with van der Waals surface area (Å²) in [5, 5.41) is 10.4. The second-order valence-corrected chi connectivity index (χ2v) is 10.3. The third-order valence-corrected chi connectivity index (χ3v) is 7.42. The van der Waals surface area contributed by atoms with Gasteiger partial charge in [-0.25, -0.2) is 29.1 Å². The zero-order chi connectivity index (χ0) is 28.7. The standard InChI is InChI=1S/C27H24FN7O4S/c1-12-5-17(24-20(6-12)33-21(11-32-24)25(29)36)26-34-19-7-18(28)22(8-23(19)40-26)39-14(3)13(2)35(27(37)38)16-9-30-15(4)31-10-16/h5-11,13-14H,1-4H3,(H2,29,36)(H,37,38)/t13-,14+/m1/s1. The predicted molar refractivity (Wildman–Crippen MR) is 148 cm³/mol. The highest BCUT2D eigenvalue weighted by Gasteiger charge is 2.29. The summed E-state index contributed by atoms with van der Waals surface area (Å²) >= 11 is 1.31. The molecule has 204 valence electrons. The van der Waals surface area contributed by atoms with Crippen LogP contribution in [0, 0.1) is 19.7 Å². The lowest BCUT2D eigenvalue weighted by Gasteiger charge is -2.30. The van der Waals surface area contributed by atoms with Gasteiger partial charge in [-0.1, -0.05) is 0 Å². The smallest absolute Gasteiger partial charge is 0.412 e. The first-order chi connectivity index (χ1) is 19.0. The van der Waals surface area contributed by atoms with Crippen LogP contribution in [0.1, 0.15) is 35.7 Å². The Morgan fingerprint density at radius 3 is 2.42 bits per heavy atom. The lowest BCUT2D eigenvalue weighted by atomic mass is 10.1. The number of carbonyl (C=O) groups excluding carboxylic acids is 1. The molecule has 0 aliphatic heterocycles. The van der Waals surface area contributed by atoms with E-state index in [1.807, 2.05) is 13.0 Å². The van der Waals surface area contributed by atoms with Crippen molar-refractivity contribution in [2.45, 2.75) is 39.8 Å². The van der Waals surface area contributed by atoms with Gasteiger partial charge in [-0.3, -0.25) is 14.7 Å². The molecule has 0 radical (unpaired) electrons. The average Bonchev–Trinajstić information content (AvgIpc) is 3.31. The van der Waals surface area contributed by atoms with Gasteiger partial charge < -0.3 is 15.6 Å². The number of ether oxygens (including phenoxy) is 1. The van der Waals surface area contributed by atoms with Gasteiger partial charge in [0, 0.05) is 17.7 Å². The molecule has 3 heterocycles. The monoisotopic (exact) mass is 561 g/mol. The van der Waals surface area contributed by atoms with Crippen molar-refractivity contribution < 1.29 is 23.8 Å². The predicted octanol–water partition coefficient (Wildman–Crippen LogP) is 4.89. The maximum absolute atomic E-state index is 15.1. The molecule has 5 aromatic rings. The van der Waals surface area contributed by atoms with Crippen LogP contribution in [0.15, 0.2) is 42.9 Å². The second kappa shape index (κ2) is 10.4. The number of anilines is 1. The molecule has 2 amide bonds. The molecule has 0 spiro atoms. The van der Waals surface area contributed by atoms with Crippen LogP contribution in [-0.2, 0) is 0 Å². The number of fused-ring (bicyclic) bond motifs is 2. The number of thiazole rings is 1. The number of primary amides is 1. The number of rotatable bonds is 7. The third-order valence-electron chi connectivity index (χ3n) is 6.37. The fourth-order valence-corrected chi connectivity index (χ4v) is 5.21. The molecule has 13 heteroatoms. The summed E-state index contributed by atoms with van der Waals surface area (Å²) in [5.74, 6) is -0.842. The molecular formula is C27H24FN7O4S. The Labute approximate surface area is 231 Å². The van der Waals surface area contributed by atoms with Crippen molar-refractivity contribution in [2.75, 3.05) is 4.90 Å². The molecule has 0 saturated heterocycles. The van der Waals surface area contributed by atoms with E-state index in [-0.39, 0.29) is 17.1 Å². The summed E-state index contributed by atoms with van der Waals surface area (Å²) in [7, 11) is 0. The topological polar surface area (TPSA) is 157 Å². The molecule has 0 fully saturated rings. The Balaban J connectivity index is 1.47. The number of aryl methyl sites for hydroxylation is 2. The summed E-state index contributed by atoms with van der Waals surface area (Å²) in [6.45, 7) is 6.90. The van der Waals surface area contributed by atoms with Gasteiger partial charge in [0.25, 0.3) is 5.91 Å².